The van der Waals surface area contributed by atoms with E-state index in [1.54, 1.807) is 12.3 Å². The minimum absolute atomic E-state index is 0.208. The normalized spacial score (nSPS) is 15.8. The Balaban J connectivity index is 1.56. The second kappa shape index (κ2) is 9.18. The summed E-state index contributed by atoms with van der Waals surface area (Å²) in [6.45, 7) is 0. The maximum atomic E-state index is 13.6. The molecule has 3 aromatic rings. The molecule has 1 amide bonds. The average molecular weight is 454 g/mol. The van der Waals surface area contributed by atoms with Crippen LogP contribution in [0.1, 0.15) is 32.1 Å². The summed E-state index contributed by atoms with van der Waals surface area (Å²) in [6, 6.07) is 18.0. The molecule has 0 unspecified atom stereocenters. The van der Waals surface area contributed by atoms with Gasteiger partial charge in [0.1, 0.15) is 17.2 Å². The first-order valence-electron chi connectivity index (χ1n) is 10.5. The molecule has 0 atom stereocenters. The molecule has 1 aliphatic carbocycles. The number of anilines is 1. The smallest absolute Gasteiger partial charge is 0.246 e. The van der Waals surface area contributed by atoms with E-state index in [1.165, 1.54) is 18.2 Å². The van der Waals surface area contributed by atoms with Crippen LogP contribution in [0, 0.1) is 5.82 Å². The van der Waals surface area contributed by atoms with Crippen LogP contribution in [0.4, 0.5) is 10.2 Å². The van der Waals surface area contributed by atoms with Gasteiger partial charge in [-0.25, -0.2) is 17.8 Å². The van der Waals surface area contributed by atoms with E-state index in [-0.39, 0.29) is 4.90 Å². The summed E-state index contributed by atoms with van der Waals surface area (Å²) >= 11 is 0. The SMILES string of the molecule is O=C(Nc1ccc(-c2ccccc2)cn1)C1(NS(=O)(=O)c2cccc(F)c2)CCCCC1. The van der Waals surface area contributed by atoms with E-state index in [2.05, 4.69) is 15.0 Å². The summed E-state index contributed by atoms with van der Waals surface area (Å²) in [6.07, 6.45) is 4.71. The van der Waals surface area contributed by atoms with Crippen LogP contribution in [0.15, 0.2) is 77.8 Å². The standard InChI is InChI=1S/C24H24FN3O3S/c25-20-10-7-11-21(16-20)32(30,31)28-24(14-5-2-6-15-24)23(29)27-22-13-12-19(17-26-22)18-8-3-1-4-9-18/h1,3-4,7-13,16-17,28H,2,5-6,14-15H2,(H,26,27,29). The van der Waals surface area contributed by atoms with Crippen LogP contribution in [0.3, 0.4) is 0 Å². The van der Waals surface area contributed by atoms with Crippen molar-refractivity contribution in [2.24, 2.45) is 0 Å². The molecule has 0 aliphatic heterocycles. The molecule has 1 heterocycles. The second-order valence-corrected chi connectivity index (χ2v) is 9.64. The van der Waals surface area contributed by atoms with Gasteiger partial charge in [-0.15, -0.1) is 0 Å². The van der Waals surface area contributed by atoms with E-state index < -0.39 is 27.3 Å². The molecule has 166 valence electrons. The maximum absolute atomic E-state index is 13.6. The monoisotopic (exact) mass is 453 g/mol. The largest absolute Gasteiger partial charge is 0.309 e. The number of carbonyl (C=O) groups excluding carboxylic acids is 1. The van der Waals surface area contributed by atoms with Gasteiger partial charge in [-0.3, -0.25) is 4.79 Å². The van der Waals surface area contributed by atoms with Crippen molar-refractivity contribution in [3.63, 3.8) is 0 Å². The second-order valence-electron chi connectivity index (χ2n) is 7.96. The van der Waals surface area contributed by atoms with Gasteiger partial charge in [0, 0.05) is 11.8 Å². The zero-order valence-electron chi connectivity index (χ0n) is 17.4. The Bertz CT molecular complexity index is 1190. The quantitative estimate of drug-likeness (QED) is 0.575. The minimum atomic E-state index is -4.09. The Labute approximate surface area is 187 Å². The zero-order valence-corrected chi connectivity index (χ0v) is 18.2. The molecule has 0 spiro atoms. The first-order chi connectivity index (χ1) is 15.4. The molecule has 2 N–H and O–H groups in total. The summed E-state index contributed by atoms with van der Waals surface area (Å²) in [5, 5.41) is 2.77. The van der Waals surface area contributed by atoms with Crippen molar-refractivity contribution in [3.8, 4) is 11.1 Å². The van der Waals surface area contributed by atoms with Crippen LogP contribution in [0.25, 0.3) is 11.1 Å². The number of pyridine rings is 1. The molecule has 1 aliphatic rings. The van der Waals surface area contributed by atoms with Gasteiger partial charge >= 0.3 is 0 Å². The van der Waals surface area contributed by atoms with Gasteiger partial charge in [-0.1, -0.05) is 55.7 Å². The van der Waals surface area contributed by atoms with E-state index >= 15 is 0 Å². The number of halogens is 1. The molecule has 0 radical (unpaired) electrons. The third-order valence-electron chi connectivity index (χ3n) is 5.69. The molecular formula is C24H24FN3O3S. The number of benzene rings is 2. The highest BCUT2D eigenvalue weighted by Gasteiger charge is 2.43. The third-order valence-corrected chi connectivity index (χ3v) is 7.22. The molecule has 0 bridgehead atoms. The van der Waals surface area contributed by atoms with Gasteiger partial charge in [0.05, 0.1) is 4.90 Å². The first kappa shape index (κ1) is 22.1. The topological polar surface area (TPSA) is 88.2 Å². The number of hydrogen-bond donors (Lipinski definition) is 2. The molecule has 2 aromatic carbocycles. The summed E-state index contributed by atoms with van der Waals surface area (Å²) in [7, 11) is -4.09. The van der Waals surface area contributed by atoms with Crippen LogP contribution in [0.2, 0.25) is 0 Å². The lowest BCUT2D eigenvalue weighted by molar-refractivity contribution is -0.122. The Hall–Kier alpha value is -3.10. The van der Waals surface area contributed by atoms with Gasteiger partial charge in [-0.05, 0) is 48.7 Å². The maximum Gasteiger partial charge on any atom is 0.246 e. The van der Waals surface area contributed by atoms with E-state index in [4.69, 9.17) is 0 Å². The summed E-state index contributed by atoms with van der Waals surface area (Å²) in [5.74, 6) is -0.778. The van der Waals surface area contributed by atoms with E-state index in [1.807, 2.05) is 36.4 Å². The van der Waals surface area contributed by atoms with Crippen LogP contribution in [0.5, 0.6) is 0 Å². The van der Waals surface area contributed by atoms with Crippen LogP contribution < -0.4 is 10.0 Å². The molecular weight excluding hydrogens is 429 g/mol. The Morgan fingerprint density at radius 1 is 0.906 bits per heavy atom. The van der Waals surface area contributed by atoms with Crippen LogP contribution >= 0.6 is 0 Å². The summed E-state index contributed by atoms with van der Waals surface area (Å²) < 4.78 is 42.1. The minimum Gasteiger partial charge on any atom is -0.309 e. The molecule has 32 heavy (non-hydrogen) atoms. The van der Waals surface area contributed by atoms with E-state index in [0.717, 1.165) is 23.6 Å². The van der Waals surface area contributed by atoms with Crippen molar-refractivity contribution in [2.75, 3.05) is 5.32 Å². The average Bonchev–Trinajstić information content (AvgIpc) is 2.80. The van der Waals surface area contributed by atoms with Crippen molar-refractivity contribution >= 4 is 21.7 Å². The fourth-order valence-electron chi connectivity index (χ4n) is 3.99. The number of rotatable bonds is 6. The molecule has 1 fully saturated rings. The van der Waals surface area contributed by atoms with E-state index in [0.29, 0.717) is 31.5 Å². The fourth-order valence-corrected chi connectivity index (χ4v) is 5.44. The highest BCUT2D eigenvalue weighted by molar-refractivity contribution is 7.89. The lowest BCUT2D eigenvalue weighted by Crippen LogP contribution is -2.57. The number of sulfonamides is 1. The van der Waals surface area contributed by atoms with Crippen molar-refractivity contribution in [1.82, 2.24) is 9.71 Å². The van der Waals surface area contributed by atoms with Crippen LogP contribution in [-0.2, 0) is 14.8 Å². The number of amides is 1. The van der Waals surface area contributed by atoms with Gasteiger partial charge in [-0.2, -0.15) is 4.72 Å². The van der Waals surface area contributed by atoms with E-state index in [9.17, 15) is 17.6 Å². The van der Waals surface area contributed by atoms with Crippen molar-refractivity contribution in [1.29, 1.82) is 0 Å². The zero-order chi connectivity index (χ0) is 22.6. The third kappa shape index (κ3) is 4.87. The molecule has 0 saturated heterocycles. The molecule has 6 nitrogen and oxygen atoms in total. The van der Waals surface area contributed by atoms with Crippen molar-refractivity contribution in [3.05, 3.63) is 78.7 Å². The lowest BCUT2D eigenvalue weighted by Gasteiger charge is -2.36. The molecule has 1 saturated carbocycles. The van der Waals surface area contributed by atoms with Crippen molar-refractivity contribution < 1.29 is 17.6 Å². The highest BCUT2D eigenvalue weighted by Crippen LogP contribution is 2.31. The number of carbonyl (C=O) groups is 1. The number of nitrogens with zero attached hydrogens (tertiary/aromatic N) is 1. The van der Waals surface area contributed by atoms with Gasteiger partial charge in [0.15, 0.2) is 0 Å². The number of hydrogen-bond acceptors (Lipinski definition) is 4. The highest BCUT2D eigenvalue weighted by atomic mass is 32.2. The first-order valence-corrected chi connectivity index (χ1v) is 12.0. The lowest BCUT2D eigenvalue weighted by atomic mass is 9.82. The fraction of sp³-hybridized carbons (Fsp3) is 0.250. The van der Waals surface area contributed by atoms with Crippen LogP contribution in [-0.4, -0.2) is 24.8 Å². The molecule has 4 rings (SSSR count). The van der Waals surface area contributed by atoms with Gasteiger partial charge in [0.25, 0.3) is 0 Å². The van der Waals surface area contributed by atoms with Gasteiger partial charge < -0.3 is 5.32 Å². The van der Waals surface area contributed by atoms with Gasteiger partial charge in [0.2, 0.25) is 15.9 Å². The summed E-state index contributed by atoms with van der Waals surface area (Å²) in [4.78, 5) is 17.4. The summed E-state index contributed by atoms with van der Waals surface area (Å²) in [5.41, 5.74) is 0.593. The predicted octanol–water partition coefficient (Wildman–Crippen LogP) is 4.51. The Morgan fingerprint density at radius 2 is 1.66 bits per heavy atom. The molecule has 8 heteroatoms. The number of aromatic nitrogens is 1. The Morgan fingerprint density at radius 3 is 2.31 bits per heavy atom. The van der Waals surface area contributed by atoms with Crippen molar-refractivity contribution in [2.45, 2.75) is 42.5 Å². The Kier molecular flexibility index (Phi) is 6.34. The predicted molar refractivity (Wildman–Crippen MR) is 121 cm³/mol. The molecule has 1 aromatic heterocycles. The number of nitrogens with one attached hydrogen (secondary N) is 2.